The van der Waals surface area contributed by atoms with Crippen molar-refractivity contribution in [3.8, 4) is 11.5 Å². The summed E-state index contributed by atoms with van der Waals surface area (Å²) in [4.78, 5) is 23.8. The molecule has 0 aliphatic rings. The van der Waals surface area contributed by atoms with Crippen LogP contribution in [0.15, 0.2) is 12.1 Å². The first-order valence-electron chi connectivity index (χ1n) is 5.40. The number of nitrogens with two attached hydrogens (primary N) is 1. The number of benzene rings is 1. The molecule has 1 amide bonds. The topological polar surface area (TPSA) is 102 Å². The lowest BCUT2D eigenvalue weighted by molar-refractivity contribution is -0.130. The minimum atomic E-state index is -1.18. The summed E-state index contributed by atoms with van der Waals surface area (Å²) in [5, 5.41) is 8.97. The second-order valence-electron chi connectivity index (χ2n) is 3.97. The van der Waals surface area contributed by atoms with Crippen molar-refractivity contribution >= 4 is 17.6 Å². The number of likely N-dealkylation sites (N-methyl/N-ethyl adjacent to an activating group) is 1. The molecule has 0 radical (unpaired) electrons. The van der Waals surface area contributed by atoms with E-state index in [2.05, 4.69) is 0 Å². The van der Waals surface area contributed by atoms with Crippen LogP contribution in [0.5, 0.6) is 11.5 Å². The van der Waals surface area contributed by atoms with Gasteiger partial charge in [-0.1, -0.05) is 0 Å². The molecule has 0 atom stereocenters. The molecule has 104 valence electrons. The molecule has 0 spiro atoms. The Balaban J connectivity index is 3.01. The molecule has 7 nitrogen and oxygen atoms in total. The van der Waals surface area contributed by atoms with Crippen molar-refractivity contribution in [2.24, 2.45) is 0 Å². The number of nitrogens with zero attached hydrogens (tertiary/aromatic N) is 1. The van der Waals surface area contributed by atoms with E-state index in [1.54, 1.807) is 14.1 Å². The highest BCUT2D eigenvalue weighted by atomic mass is 16.5. The summed E-state index contributed by atoms with van der Waals surface area (Å²) in [6.45, 7) is -0.216. The van der Waals surface area contributed by atoms with Crippen LogP contribution in [0, 0.1) is 0 Å². The monoisotopic (exact) mass is 268 g/mol. The number of amides is 1. The minimum absolute atomic E-state index is 0.0654. The summed E-state index contributed by atoms with van der Waals surface area (Å²) in [6.07, 6.45) is 0. The number of hydrogen-bond donors (Lipinski definition) is 2. The number of ether oxygens (including phenoxy) is 2. The highest BCUT2D eigenvalue weighted by molar-refractivity contribution is 5.94. The molecule has 0 heterocycles. The molecular formula is C12H16N2O5. The fourth-order valence-electron chi connectivity index (χ4n) is 1.30. The molecule has 1 aromatic rings. The molecule has 1 rings (SSSR count). The van der Waals surface area contributed by atoms with Gasteiger partial charge in [0.15, 0.2) is 18.1 Å². The average molecular weight is 268 g/mol. The van der Waals surface area contributed by atoms with Crippen molar-refractivity contribution in [2.45, 2.75) is 0 Å². The Morgan fingerprint density at radius 3 is 2.42 bits per heavy atom. The van der Waals surface area contributed by atoms with Crippen LogP contribution in [-0.4, -0.2) is 49.7 Å². The summed E-state index contributed by atoms with van der Waals surface area (Å²) >= 11 is 0. The highest BCUT2D eigenvalue weighted by Gasteiger charge is 2.16. The van der Waals surface area contributed by atoms with E-state index in [1.165, 1.54) is 24.1 Å². The van der Waals surface area contributed by atoms with Gasteiger partial charge >= 0.3 is 5.97 Å². The van der Waals surface area contributed by atoms with Gasteiger partial charge in [0.25, 0.3) is 5.91 Å². The van der Waals surface area contributed by atoms with E-state index in [0.29, 0.717) is 0 Å². The first kappa shape index (κ1) is 14.6. The zero-order valence-corrected chi connectivity index (χ0v) is 11.0. The quantitative estimate of drug-likeness (QED) is 0.751. The van der Waals surface area contributed by atoms with Gasteiger partial charge in [0.05, 0.1) is 18.4 Å². The van der Waals surface area contributed by atoms with Crippen LogP contribution >= 0.6 is 0 Å². The summed E-state index contributed by atoms with van der Waals surface area (Å²) in [6, 6.07) is 2.58. The standard InChI is InChI=1S/C12H16N2O5/c1-14(2)11(15)6-19-10-4-7(12(16)17)8(13)5-9(10)18-3/h4-5H,6,13H2,1-3H3,(H,16,17). The van der Waals surface area contributed by atoms with Crippen LogP contribution in [0.4, 0.5) is 5.69 Å². The maximum Gasteiger partial charge on any atom is 0.337 e. The Kier molecular flexibility index (Phi) is 4.57. The van der Waals surface area contributed by atoms with E-state index < -0.39 is 5.97 Å². The van der Waals surface area contributed by atoms with Gasteiger partial charge in [-0.05, 0) is 0 Å². The van der Waals surface area contributed by atoms with Gasteiger partial charge < -0.3 is 25.2 Å². The summed E-state index contributed by atoms with van der Waals surface area (Å²) in [5.74, 6) is -1.00. The van der Waals surface area contributed by atoms with Gasteiger partial charge in [0, 0.05) is 26.2 Å². The third-order valence-electron chi connectivity index (χ3n) is 2.42. The molecule has 0 unspecified atom stereocenters. The van der Waals surface area contributed by atoms with Gasteiger partial charge in [0.2, 0.25) is 0 Å². The largest absolute Gasteiger partial charge is 0.493 e. The Labute approximate surface area is 110 Å². The second-order valence-corrected chi connectivity index (χ2v) is 3.97. The van der Waals surface area contributed by atoms with E-state index in [-0.39, 0.29) is 35.3 Å². The van der Waals surface area contributed by atoms with E-state index >= 15 is 0 Å². The maximum absolute atomic E-state index is 11.4. The Hall–Kier alpha value is -2.44. The number of carbonyl (C=O) groups excluding carboxylic acids is 1. The maximum atomic E-state index is 11.4. The lowest BCUT2D eigenvalue weighted by atomic mass is 10.1. The molecule has 1 aromatic carbocycles. The van der Waals surface area contributed by atoms with Crippen LogP contribution in [0.1, 0.15) is 10.4 Å². The molecular weight excluding hydrogens is 252 g/mol. The lowest BCUT2D eigenvalue weighted by Crippen LogP contribution is -2.27. The number of carboxylic acid groups (broad SMARTS) is 1. The highest BCUT2D eigenvalue weighted by Crippen LogP contribution is 2.32. The first-order chi connectivity index (χ1) is 8.86. The molecule has 7 heteroatoms. The predicted octanol–water partition coefficient (Wildman–Crippen LogP) is 0.443. The Bertz CT molecular complexity index is 499. The van der Waals surface area contributed by atoms with Gasteiger partial charge in [-0.15, -0.1) is 0 Å². The number of hydrogen-bond acceptors (Lipinski definition) is 5. The van der Waals surface area contributed by atoms with Gasteiger partial charge in [-0.3, -0.25) is 4.79 Å². The second kappa shape index (κ2) is 5.94. The van der Waals surface area contributed by atoms with Crippen molar-refractivity contribution in [1.29, 1.82) is 0 Å². The zero-order chi connectivity index (χ0) is 14.6. The molecule has 0 saturated heterocycles. The van der Waals surface area contributed by atoms with Crippen LogP contribution < -0.4 is 15.2 Å². The molecule has 0 fully saturated rings. The Morgan fingerprint density at radius 1 is 1.32 bits per heavy atom. The molecule has 0 aliphatic carbocycles. The number of rotatable bonds is 5. The van der Waals surface area contributed by atoms with Crippen LogP contribution in [-0.2, 0) is 4.79 Å². The van der Waals surface area contributed by atoms with Crippen molar-refractivity contribution < 1.29 is 24.2 Å². The zero-order valence-electron chi connectivity index (χ0n) is 11.0. The first-order valence-corrected chi connectivity index (χ1v) is 5.40. The molecule has 0 aromatic heterocycles. The minimum Gasteiger partial charge on any atom is -0.493 e. The fourth-order valence-corrected chi connectivity index (χ4v) is 1.30. The van der Waals surface area contributed by atoms with E-state index in [1.807, 2.05) is 0 Å². The van der Waals surface area contributed by atoms with Crippen LogP contribution in [0.3, 0.4) is 0 Å². The van der Waals surface area contributed by atoms with Crippen LogP contribution in [0.25, 0.3) is 0 Å². The van der Waals surface area contributed by atoms with Crippen molar-refractivity contribution in [2.75, 3.05) is 33.5 Å². The molecule has 0 saturated carbocycles. The van der Waals surface area contributed by atoms with Crippen molar-refractivity contribution in [3.63, 3.8) is 0 Å². The normalized spacial score (nSPS) is 9.84. The number of anilines is 1. The van der Waals surface area contributed by atoms with E-state index in [4.69, 9.17) is 20.3 Å². The molecule has 0 aliphatic heterocycles. The van der Waals surface area contributed by atoms with E-state index in [9.17, 15) is 9.59 Å². The van der Waals surface area contributed by atoms with Gasteiger partial charge in [-0.25, -0.2) is 4.79 Å². The number of aromatic carboxylic acids is 1. The smallest absolute Gasteiger partial charge is 0.337 e. The predicted molar refractivity (Wildman–Crippen MR) is 68.6 cm³/mol. The van der Waals surface area contributed by atoms with Gasteiger partial charge in [-0.2, -0.15) is 0 Å². The SMILES string of the molecule is COc1cc(N)c(C(=O)O)cc1OCC(=O)N(C)C. The van der Waals surface area contributed by atoms with E-state index in [0.717, 1.165) is 0 Å². The Morgan fingerprint density at radius 2 is 1.95 bits per heavy atom. The average Bonchev–Trinajstić information content (AvgIpc) is 2.35. The third-order valence-corrected chi connectivity index (χ3v) is 2.42. The van der Waals surface area contributed by atoms with Crippen LogP contribution in [0.2, 0.25) is 0 Å². The molecule has 0 bridgehead atoms. The number of nitrogen functional groups attached to an aromatic ring is 1. The third kappa shape index (κ3) is 3.51. The number of carbonyl (C=O) groups is 2. The summed E-state index contributed by atoms with van der Waals surface area (Å²) < 4.78 is 10.3. The lowest BCUT2D eigenvalue weighted by Gasteiger charge is -2.14. The van der Waals surface area contributed by atoms with Gasteiger partial charge in [0.1, 0.15) is 0 Å². The number of methoxy groups -OCH3 is 1. The molecule has 3 N–H and O–H groups in total. The van der Waals surface area contributed by atoms with Crippen molar-refractivity contribution in [1.82, 2.24) is 4.90 Å². The van der Waals surface area contributed by atoms with Crippen molar-refractivity contribution in [3.05, 3.63) is 17.7 Å². The summed E-state index contributed by atoms with van der Waals surface area (Å²) in [5.41, 5.74) is 5.54. The molecule has 19 heavy (non-hydrogen) atoms. The summed E-state index contributed by atoms with van der Waals surface area (Å²) in [7, 11) is 4.58. The number of carboxylic acids is 1. The fraction of sp³-hybridized carbons (Fsp3) is 0.333.